The minimum Gasteiger partial charge on any atom is -0.455 e. The van der Waals surface area contributed by atoms with Crippen molar-refractivity contribution in [2.75, 3.05) is 0 Å². The van der Waals surface area contributed by atoms with Crippen LogP contribution in [0.1, 0.15) is 22.3 Å². The van der Waals surface area contributed by atoms with Crippen LogP contribution in [0.3, 0.4) is 0 Å². The number of thiophene rings is 1. The molecule has 2 aromatic heterocycles. The molecule has 0 unspecified atom stereocenters. The van der Waals surface area contributed by atoms with E-state index in [0.29, 0.717) is 0 Å². The zero-order chi connectivity index (χ0) is 28.5. The lowest BCUT2D eigenvalue weighted by Crippen LogP contribution is -1.86. The van der Waals surface area contributed by atoms with Gasteiger partial charge in [0.05, 0.1) is 0 Å². The number of furan rings is 1. The second kappa shape index (κ2) is 9.44. The fraction of sp³-hybridized carbons (Fsp3) is 0.100. The van der Waals surface area contributed by atoms with Gasteiger partial charge in [0.1, 0.15) is 11.2 Å². The lowest BCUT2D eigenvalue weighted by molar-refractivity contribution is 0.669. The van der Waals surface area contributed by atoms with Crippen LogP contribution in [0.25, 0.3) is 75.5 Å². The second-order valence-corrected chi connectivity index (χ2v) is 12.8. The van der Waals surface area contributed by atoms with E-state index in [2.05, 4.69) is 137 Å². The summed E-state index contributed by atoms with van der Waals surface area (Å²) in [5, 5.41) is 5.05. The van der Waals surface area contributed by atoms with E-state index in [9.17, 15) is 0 Å². The summed E-state index contributed by atoms with van der Waals surface area (Å²) in [7, 11) is 0. The predicted octanol–water partition coefficient (Wildman–Crippen LogP) is 12.2. The maximum atomic E-state index is 6.48. The third kappa shape index (κ3) is 4.06. The van der Waals surface area contributed by atoms with Gasteiger partial charge in [-0.2, -0.15) is 0 Å². The van der Waals surface area contributed by atoms with Crippen LogP contribution in [0.2, 0.25) is 0 Å². The molecule has 0 N–H and O–H groups in total. The highest BCUT2D eigenvalue weighted by atomic mass is 32.1. The third-order valence-corrected chi connectivity index (χ3v) is 9.64. The predicted molar refractivity (Wildman–Crippen MR) is 182 cm³/mol. The average molecular weight is 559 g/mol. The molecule has 0 amide bonds. The first-order valence-corrected chi connectivity index (χ1v) is 15.3. The van der Waals surface area contributed by atoms with Crippen molar-refractivity contribution in [3.05, 3.63) is 131 Å². The van der Waals surface area contributed by atoms with Gasteiger partial charge in [0.2, 0.25) is 0 Å². The number of aryl methyl sites for hydroxylation is 4. The molecule has 0 aliphatic carbocycles. The number of benzene rings is 6. The zero-order valence-electron chi connectivity index (χ0n) is 24.2. The Kier molecular flexibility index (Phi) is 5.64. The number of hydrogen-bond acceptors (Lipinski definition) is 2. The van der Waals surface area contributed by atoms with Crippen LogP contribution >= 0.6 is 11.3 Å². The van der Waals surface area contributed by atoms with Crippen LogP contribution in [-0.2, 0) is 0 Å². The van der Waals surface area contributed by atoms with E-state index in [1.165, 1.54) is 81.0 Å². The number of fused-ring (bicyclic) bond motifs is 6. The Labute approximate surface area is 249 Å². The molecule has 202 valence electrons. The van der Waals surface area contributed by atoms with Gasteiger partial charge in [0, 0.05) is 36.5 Å². The lowest BCUT2D eigenvalue weighted by Gasteiger charge is -2.11. The van der Waals surface area contributed by atoms with Gasteiger partial charge in [0.15, 0.2) is 0 Å². The Morgan fingerprint density at radius 3 is 1.81 bits per heavy atom. The summed E-state index contributed by atoms with van der Waals surface area (Å²) in [5.41, 5.74) is 14.2. The fourth-order valence-corrected chi connectivity index (χ4v) is 7.63. The van der Waals surface area contributed by atoms with Gasteiger partial charge in [0.25, 0.3) is 0 Å². The maximum absolute atomic E-state index is 6.48. The maximum Gasteiger partial charge on any atom is 0.143 e. The Morgan fingerprint density at radius 2 is 1.05 bits per heavy atom. The largest absolute Gasteiger partial charge is 0.455 e. The number of hydrogen-bond donors (Lipinski definition) is 0. The molecular weight excluding hydrogens is 529 g/mol. The van der Waals surface area contributed by atoms with E-state index in [4.69, 9.17) is 4.42 Å². The summed E-state index contributed by atoms with van der Waals surface area (Å²) in [4.78, 5) is 0. The molecule has 8 aromatic rings. The second-order valence-electron chi connectivity index (χ2n) is 11.7. The Hall–Kier alpha value is -4.66. The van der Waals surface area contributed by atoms with E-state index in [1.807, 2.05) is 11.3 Å². The van der Waals surface area contributed by atoms with Crippen LogP contribution < -0.4 is 0 Å². The summed E-state index contributed by atoms with van der Waals surface area (Å²) in [6, 6.07) is 40.3. The van der Waals surface area contributed by atoms with Crippen LogP contribution in [0.15, 0.2) is 114 Å². The number of rotatable bonds is 3. The molecule has 0 saturated heterocycles. The van der Waals surface area contributed by atoms with Crippen molar-refractivity contribution in [1.29, 1.82) is 0 Å². The minimum absolute atomic E-state index is 0.946. The quantitative estimate of drug-likeness (QED) is 0.210. The van der Waals surface area contributed by atoms with E-state index < -0.39 is 0 Å². The monoisotopic (exact) mass is 558 g/mol. The summed E-state index contributed by atoms with van der Waals surface area (Å²) >= 11 is 1.90. The van der Waals surface area contributed by atoms with Crippen molar-refractivity contribution in [3.8, 4) is 33.4 Å². The van der Waals surface area contributed by atoms with Gasteiger partial charge >= 0.3 is 0 Å². The molecular formula is C40H30OS. The molecule has 1 nitrogen and oxygen atoms in total. The van der Waals surface area contributed by atoms with Crippen molar-refractivity contribution in [1.82, 2.24) is 0 Å². The van der Waals surface area contributed by atoms with E-state index in [-0.39, 0.29) is 0 Å². The highest BCUT2D eigenvalue weighted by Gasteiger charge is 2.16. The van der Waals surface area contributed by atoms with Crippen molar-refractivity contribution in [2.24, 2.45) is 0 Å². The average Bonchev–Trinajstić information content (AvgIpc) is 3.53. The molecule has 0 radical (unpaired) electrons. The summed E-state index contributed by atoms with van der Waals surface area (Å²) in [6.45, 7) is 8.66. The van der Waals surface area contributed by atoms with Gasteiger partial charge < -0.3 is 4.42 Å². The lowest BCUT2D eigenvalue weighted by atomic mass is 9.94. The van der Waals surface area contributed by atoms with Gasteiger partial charge in [-0.15, -0.1) is 11.3 Å². The highest BCUT2D eigenvalue weighted by Crippen LogP contribution is 2.42. The van der Waals surface area contributed by atoms with Crippen molar-refractivity contribution >= 4 is 53.4 Å². The zero-order valence-corrected chi connectivity index (χ0v) is 25.0. The van der Waals surface area contributed by atoms with Crippen LogP contribution in [0, 0.1) is 27.7 Å². The summed E-state index contributed by atoms with van der Waals surface area (Å²) < 4.78 is 9.18. The molecule has 0 spiro atoms. The van der Waals surface area contributed by atoms with Crippen LogP contribution in [-0.4, -0.2) is 0 Å². The SMILES string of the molecule is Cc1ccc2c(c1)oc1c(-c3cccc(-c4cccc(-c5cc(C)cc6c5sc5ccc(C)cc56)c4)c3)cc(C)cc12. The molecule has 8 rings (SSSR count). The van der Waals surface area contributed by atoms with E-state index in [1.54, 1.807) is 0 Å². The van der Waals surface area contributed by atoms with Gasteiger partial charge in [-0.1, -0.05) is 60.2 Å². The van der Waals surface area contributed by atoms with E-state index in [0.717, 1.165) is 16.7 Å². The Bertz CT molecular complexity index is 2290. The molecule has 0 atom stereocenters. The van der Waals surface area contributed by atoms with Crippen molar-refractivity contribution < 1.29 is 4.42 Å². The van der Waals surface area contributed by atoms with Gasteiger partial charge in [-0.05, 0) is 127 Å². The molecule has 42 heavy (non-hydrogen) atoms. The smallest absolute Gasteiger partial charge is 0.143 e. The van der Waals surface area contributed by atoms with Crippen molar-refractivity contribution in [2.45, 2.75) is 27.7 Å². The van der Waals surface area contributed by atoms with Crippen LogP contribution in [0.5, 0.6) is 0 Å². The first-order valence-electron chi connectivity index (χ1n) is 14.5. The normalized spacial score (nSPS) is 11.8. The van der Waals surface area contributed by atoms with Crippen LogP contribution in [0.4, 0.5) is 0 Å². The Morgan fingerprint density at radius 1 is 0.452 bits per heavy atom. The molecule has 0 aliphatic rings. The first kappa shape index (κ1) is 25.1. The van der Waals surface area contributed by atoms with Gasteiger partial charge in [-0.25, -0.2) is 0 Å². The molecule has 0 bridgehead atoms. The molecule has 0 aliphatic heterocycles. The topological polar surface area (TPSA) is 13.1 Å². The highest BCUT2D eigenvalue weighted by molar-refractivity contribution is 7.26. The molecule has 0 fully saturated rings. The third-order valence-electron chi connectivity index (χ3n) is 8.42. The van der Waals surface area contributed by atoms with Crippen molar-refractivity contribution in [3.63, 3.8) is 0 Å². The standard InChI is InChI=1S/C40H30OS/c1-23-12-14-38-34(15-23)36-19-26(4)17-33(40(36)42-38)30-10-6-8-28(22-30)27-7-5-9-29(21-27)32-16-25(3)18-35-31-13-11-24(2)20-37(31)41-39(32)35/h5-22H,1-4H3. The molecule has 2 heteroatoms. The fourth-order valence-electron chi connectivity index (χ4n) is 6.43. The minimum atomic E-state index is 0.946. The molecule has 2 heterocycles. The first-order chi connectivity index (χ1) is 20.4. The summed E-state index contributed by atoms with van der Waals surface area (Å²) in [5.74, 6) is 0. The molecule has 6 aromatic carbocycles. The Balaban J connectivity index is 1.27. The summed E-state index contributed by atoms with van der Waals surface area (Å²) in [6.07, 6.45) is 0. The van der Waals surface area contributed by atoms with E-state index >= 15 is 0 Å². The van der Waals surface area contributed by atoms with Gasteiger partial charge in [-0.3, -0.25) is 0 Å². The molecule has 0 saturated carbocycles.